The van der Waals surface area contributed by atoms with Gasteiger partial charge in [0.2, 0.25) is 11.0 Å². The fourth-order valence-corrected chi connectivity index (χ4v) is 4.11. The van der Waals surface area contributed by atoms with Gasteiger partial charge in [-0.1, -0.05) is 66.8 Å². The summed E-state index contributed by atoms with van der Waals surface area (Å²) in [6.45, 7) is 6.43. The summed E-state index contributed by atoms with van der Waals surface area (Å²) >= 11 is 2.82. The van der Waals surface area contributed by atoms with Crippen LogP contribution < -0.4 is 10.6 Å². The van der Waals surface area contributed by atoms with Gasteiger partial charge in [-0.05, 0) is 49.1 Å². The highest BCUT2D eigenvalue weighted by molar-refractivity contribution is 8.01. The van der Waals surface area contributed by atoms with Gasteiger partial charge in [-0.25, -0.2) is 0 Å². The van der Waals surface area contributed by atoms with E-state index in [-0.39, 0.29) is 5.91 Å². The van der Waals surface area contributed by atoms with E-state index in [9.17, 15) is 4.79 Å². The van der Waals surface area contributed by atoms with Crippen LogP contribution in [0.25, 0.3) is 0 Å². The number of thioether (sulfide) groups is 1. The smallest absolute Gasteiger partial charge is 0.234 e. The molecule has 3 aromatic rings. The van der Waals surface area contributed by atoms with Crippen LogP contribution in [0.1, 0.15) is 37.3 Å². The van der Waals surface area contributed by atoms with Crippen LogP contribution in [0.2, 0.25) is 0 Å². The minimum Gasteiger partial charge on any atom is -0.330 e. The van der Waals surface area contributed by atoms with Crippen LogP contribution in [-0.4, -0.2) is 21.9 Å². The normalized spacial score (nSPS) is 11.8. The van der Waals surface area contributed by atoms with Crippen molar-refractivity contribution in [3.05, 3.63) is 59.7 Å². The standard InChI is InChI=1S/C21H24N4OS2/c1-4-15(3)16-7-11-17(12-8-16)22-19(26)13-27-21-25-24-20(28-21)23-18-9-5-14(2)6-10-18/h5-12,15H,4,13H2,1-3H3,(H,22,26)(H,23,24). The molecule has 0 aliphatic heterocycles. The molecule has 1 atom stereocenters. The molecule has 28 heavy (non-hydrogen) atoms. The molecular weight excluding hydrogens is 388 g/mol. The molecule has 0 saturated heterocycles. The van der Waals surface area contributed by atoms with E-state index in [1.165, 1.54) is 34.2 Å². The van der Waals surface area contributed by atoms with Gasteiger partial charge in [-0.2, -0.15) is 0 Å². The highest BCUT2D eigenvalue weighted by Gasteiger charge is 2.09. The Morgan fingerprint density at radius 1 is 1.07 bits per heavy atom. The zero-order valence-corrected chi connectivity index (χ0v) is 17.9. The molecule has 2 aromatic carbocycles. The molecule has 5 nitrogen and oxygen atoms in total. The van der Waals surface area contributed by atoms with Crippen molar-refractivity contribution in [3.8, 4) is 0 Å². The maximum atomic E-state index is 12.2. The Labute approximate surface area is 174 Å². The Bertz CT molecular complexity index is 907. The summed E-state index contributed by atoms with van der Waals surface area (Å²) in [5, 5.41) is 15.1. The second-order valence-corrected chi connectivity index (χ2v) is 8.83. The minimum absolute atomic E-state index is 0.0514. The third-order valence-electron chi connectivity index (χ3n) is 4.41. The van der Waals surface area contributed by atoms with Gasteiger partial charge in [-0.3, -0.25) is 4.79 Å². The van der Waals surface area contributed by atoms with Crippen molar-refractivity contribution in [2.75, 3.05) is 16.4 Å². The number of nitrogens with zero attached hydrogens (tertiary/aromatic N) is 2. The van der Waals surface area contributed by atoms with E-state index in [0.717, 1.165) is 22.1 Å². The monoisotopic (exact) mass is 412 g/mol. The fourth-order valence-electron chi connectivity index (χ4n) is 2.53. The molecule has 1 heterocycles. The predicted molar refractivity (Wildman–Crippen MR) is 119 cm³/mol. The first-order chi connectivity index (χ1) is 13.5. The maximum absolute atomic E-state index is 12.2. The Morgan fingerprint density at radius 2 is 1.75 bits per heavy atom. The van der Waals surface area contributed by atoms with Gasteiger partial charge in [0.25, 0.3) is 0 Å². The first-order valence-electron chi connectivity index (χ1n) is 9.23. The lowest BCUT2D eigenvalue weighted by atomic mass is 9.99. The largest absolute Gasteiger partial charge is 0.330 e. The Kier molecular flexibility index (Phi) is 7.06. The number of benzene rings is 2. The van der Waals surface area contributed by atoms with Crippen LogP contribution in [0.4, 0.5) is 16.5 Å². The van der Waals surface area contributed by atoms with E-state index in [0.29, 0.717) is 16.8 Å². The quantitative estimate of drug-likeness (QED) is 0.455. The van der Waals surface area contributed by atoms with Crippen LogP contribution in [0.5, 0.6) is 0 Å². The zero-order chi connectivity index (χ0) is 19.9. The third kappa shape index (κ3) is 5.81. The highest BCUT2D eigenvalue weighted by atomic mass is 32.2. The van der Waals surface area contributed by atoms with E-state index in [1.54, 1.807) is 0 Å². The van der Waals surface area contributed by atoms with Crippen molar-refractivity contribution in [1.29, 1.82) is 0 Å². The minimum atomic E-state index is -0.0514. The van der Waals surface area contributed by atoms with Crippen molar-refractivity contribution in [1.82, 2.24) is 10.2 Å². The Hall–Kier alpha value is -2.38. The SMILES string of the molecule is CCC(C)c1ccc(NC(=O)CSc2nnc(Nc3ccc(C)cc3)s2)cc1. The van der Waals surface area contributed by atoms with Gasteiger partial charge in [0, 0.05) is 11.4 Å². The van der Waals surface area contributed by atoms with Gasteiger partial charge in [-0.15, -0.1) is 10.2 Å². The molecule has 146 valence electrons. The second kappa shape index (κ2) is 9.71. The van der Waals surface area contributed by atoms with Crippen LogP contribution in [0, 0.1) is 6.92 Å². The molecule has 0 radical (unpaired) electrons. The first-order valence-corrected chi connectivity index (χ1v) is 11.0. The molecule has 1 amide bonds. The summed E-state index contributed by atoms with van der Waals surface area (Å²) < 4.78 is 0.761. The number of aromatic nitrogens is 2. The molecule has 0 aliphatic carbocycles. The summed E-state index contributed by atoms with van der Waals surface area (Å²) in [6.07, 6.45) is 1.10. The molecule has 1 unspecified atom stereocenters. The lowest BCUT2D eigenvalue weighted by molar-refractivity contribution is -0.113. The summed E-state index contributed by atoms with van der Waals surface area (Å²) in [6, 6.07) is 16.2. The topological polar surface area (TPSA) is 66.9 Å². The van der Waals surface area contributed by atoms with Crippen molar-refractivity contribution in [2.24, 2.45) is 0 Å². The lowest BCUT2D eigenvalue weighted by Crippen LogP contribution is -2.13. The Balaban J connectivity index is 1.48. The zero-order valence-electron chi connectivity index (χ0n) is 16.2. The van der Waals surface area contributed by atoms with Crippen LogP contribution in [0.15, 0.2) is 52.9 Å². The number of hydrogen-bond acceptors (Lipinski definition) is 6. The van der Waals surface area contributed by atoms with E-state index in [1.807, 2.05) is 36.4 Å². The van der Waals surface area contributed by atoms with Gasteiger partial charge < -0.3 is 10.6 Å². The maximum Gasteiger partial charge on any atom is 0.234 e. The van der Waals surface area contributed by atoms with Gasteiger partial charge in [0.05, 0.1) is 5.75 Å². The fraction of sp³-hybridized carbons (Fsp3) is 0.286. The number of amides is 1. The van der Waals surface area contributed by atoms with Gasteiger partial charge in [0.15, 0.2) is 4.34 Å². The van der Waals surface area contributed by atoms with E-state index in [2.05, 4.69) is 53.7 Å². The van der Waals surface area contributed by atoms with Crippen LogP contribution >= 0.6 is 23.1 Å². The molecule has 0 bridgehead atoms. The number of aryl methyl sites for hydroxylation is 1. The van der Waals surface area contributed by atoms with Crippen molar-refractivity contribution >= 4 is 45.5 Å². The number of carbonyl (C=O) groups is 1. The summed E-state index contributed by atoms with van der Waals surface area (Å²) in [5.41, 5.74) is 4.28. The van der Waals surface area contributed by atoms with E-state index >= 15 is 0 Å². The lowest BCUT2D eigenvalue weighted by Gasteiger charge is -2.10. The van der Waals surface area contributed by atoms with E-state index in [4.69, 9.17) is 0 Å². The van der Waals surface area contributed by atoms with Crippen molar-refractivity contribution in [3.63, 3.8) is 0 Å². The van der Waals surface area contributed by atoms with Gasteiger partial charge >= 0.3 is 0 Å². The number of rotatable bonds is 8. The summed E-state index contributed by atoms with van der Waals surface area (Å²) in [5.74, 6) is 0.775. The molecule has 2 N–H and O–H groups in total. The number of nitrogens with one attached hydrogen (secondary N) is 2. The average molecular weight is 413 g/mol. The molecule has 0 fully saturated rings. The van der Waals surface area contributed by atoms with Crippen molar-refractivity contribution in [2.45, 2.75) is 37.4 Å². The second-order valence-electron chi connectivity index (χ2n) is 6.63. The first kappa shape index (κ1) is 20.4. The molecule has 0 aliphatic rings. The predicted octanol–water partition coefficient (Wildman–Crippen LogP) is 5.83. The summed E-state index contributed by atoms with van der Waals surface area (Å²) in [4.78, 5) is 12.2. The Morgan fingerprint density at radius 3 is 2.43 bits per heavy atom. The third-order valence-corrected chi connectivity index (χ3v) is 6.38. The molecule has 0 saturated carbocycles. The number of anilines is 3. The number of carbonyl (C=O) groups excluding carboxylic acids is 1. The molecule has 0 spiro atoms. The van der Waals surface area contributed by atoms with Crippen molar-refractivity contribution < 1.29 is 4.79 Å². The number of hydrogen-bond donors (Lipinski definition) is 2. The average Bonchev–Trinajstić information content (AvgIpc) is 3.15. The van der Waals surface area contributed by atoms with Crippen LogP contribution in [0.3, 0.4) is 0 Å². The highest BCUT2D eigenvalue weighted by Crippen LogP contribution is 2.28. The molecular formula is C21H24N4OS2. The summed E-state index contributed by atoms with van der Waals surface area (Å²) in [7, 11) is 0. The molecule has 3 rings (SSSR count). The molecule has 1 aromatic heterocycles. The molecule has 7 heteroatoms. The van der Waals surface area contributed by atoms with E-state index < -0.39 is 0 Å². The van der Waals surface area contributed by atoms with Crippen LogP contribution in [-0.2, 0) is 4.79 Å². The van der Waals surface area contributed by atoms with Gasteiger partial charge in [0.1, 0.15) is 0 Å².